The number of imidazole rings is 1. The molecule has 0 bridgehead atoms. The van der Waals surface area contributed by atoms with Crippen LogP contribution in [0.2, 0.25) is 0 Å². The molecule has 0 aliphatic carbocycles. The van der Waals surface area contributed by atoms with Gasteiger partial charge in [0.2, 0.25) is 0 Å². The van der Waals surface area contributed by atoms with E-state index in [4.69, 9.17) is 4.74 Å². The summed E-state index contributed by atoms with van der Waals surface area (Å²) in [5, 5.41) is 10.6. The van der Waals surface area contributed by atoms with Crippen LogP contribution >= 0.6 is 0 Å². The second-order valence-electron chi connectivity index (χ2n) is 5.56. The summed E-state index contributed by atoms with van der Waals surface area (Å²) < 4.78 is 7.05. The topological polar surface area (TPSA) is 67.1 Å². The number of hydrogen-bond acceptors (Lipinski definition) is 5. The Hall–Kier alpha value is -1.92. The van der Waals surface area contributed by atoms with Crippen molar-refractivity contribution in [2.24, 2.45) is 0 Å². The molecule has 0 aromatic carbocycles. The number of aldehydes is 1. The summed E-state index contributed by atoms with van der Waals surface area (Å²) in [5.41, 5.74) is 0.437. The first-order valence-electron chi connectivity index (χ1n) is 7.06. The predicted molar refractivity (Wildman–Crippen MR) is 78.9 cm³/mol. The molecule has 3 rings (SSSR count). The SMILES string of the molecule is CN(CC1(O)CCOCC1)c1nc2ccccn2c1C=O. The quantitative estimate of drug-likeness (QED) is 0.855. The lowest BCUT2D eigenvalue weighted by atomic mass is 9.94. The Morgan fingerprint density at radius 1 is 1.48 bits per heavy atom. The molecule has 6 nitrogen and oxygen atoms in total. The molecule has 0 radical (unpaired) electrons. The van der Waals surface area contributed by atoms with Gasteiger partial charge in [-0.15, -0.1) is 0 Å². The zero-order valence-corrected chi connectivity index (χ0v) is 12.0. The van der Waals surface area contributed by atoms with E-state index >= 15 is 0 Å². The van der Waals surface area contributed by atoms with Crippen LogP contribution in [0.15, 0.2) is 24.4 Å². The fraction of sp³-hybridized carbons (Fsp3) is 0.467. The lowest BCUT2D eigenvalue weighted by Gasteiger charge is -2.35. The second kappa shape index (κ2) is 5.46. The molecule has 1 fully saturated rings. The van der Waals surface area contributed by atoms with Crippen molar-refractivity contribution in [2.45, 2.75) is 18.4 Å². The van der Waals surface area contributed by atoms with Crippen molar-refractivity contribution in [2.75, 3.05) is 31.7 Å². The molecule has 1 N–H and O–H groups in total. The minimum Gasteiger partial charge on any atom is -0.388 e. The van der Waals surface area contributed by atoms with Crippen LogP contribution in [0.3, 0.4) is 0 Å². The summed E-state index contributed by atoms with van der Waals surface area (Å²) in [6, 6.07) is 5.59. The van der Waals surface area contributed by atoms with Crippen LogP contribution in [0.5, 0.6) is 0 Å². The molecule has 112 valence electrons. The average Bonchev–Trinajstić information content (AvgIpc) is 2.86. The van der Waals surface area contributed by atoms with Gasteiger partial charge in [-0.1, -0.05) is 6.07 Å². The number of fused-ring (bicyclic) bond motifs is 1. The summed E-state index contributed by atoms with van der Waals surface area (Å²) in [4.78, 5) is 17.8. The molecule has 0 unspecified atom stereocenters. The van der Waals surface area contributed by atoms with Crippen molar-refractivity contribution < 1.29 is 14.6 Å². The highest BCUT2D eigenvalue weighted by Gasteiger charge is 2.32. The third-order valence-corrected chi connectivity index (χ3v) is 3.98. The molecule has 0 saturated carbocycles. The molecular formula is C15H19N3O3. The largest absolute Gasteiger partial charge is 0.388 e. The number of ether oxygens (including phenoxy) is 1. The van der Waals surface area contributed by atoms with Crippen LogP contribution in [0.25, 0.3) is 5.65 Å². The highest BCUT2D eigenvalue weighted by molar-refractivity contribution is 5.83. The third-order valence-electron chi connectivity index (χ3n) is 3.98. The molecule has 2 aromatic rings. The maximum absolute atomic E-state index is 11.4. The van der Waals surface area contributed by atoms with Crippen LogP contribution in [0.4, 0.5) is 5.82 Å². The highest BCUT2D eigenvalue weighted by Crippen LogP contribution is 2.25. The maximum atomic E-state index is 11.4. The van der Waals surface area contributed by atoms with Gasteiger partial charge in [0.1, 0.15) is 11.3 Å². The molecule has 1 aliphatic rings. The van der Waals surface area contributed by atoms with Crippen molar-refractivity contribution in [3.8, 4) is 0 Å². The number of likely N-dealkylation sites (N-methyl/N-ethyl adjacent to an activating group) is 1. The predicted octanol–water partition coefficient (Wildman–Crippen LogP) is 1.12. The fourth-order valence-corrected chi connectivity index (χ4v) is 2.82. The average molecular weight is 289 g/mol. The van der Waals surface area contributed by atoms with Gasteiger partial charge in [-0.25, -0.2) is 4.98 Å². The second-order valence-corrected chi connectivity index (χ2v) is 5.56. The number of anilines is 1. The van der Waals surface area contributed by atoms with E-state index in [1.807, 2.05) is 36.3 Å². The Morgan fingerprint density at radius 3 is 2.95 bits per heavy atom. The van der Waals surface area contributed by atoms with E-state index in [2.05, 4.69) is 4.98 Å². The van der Waals surface area contributed by atoms with Crippen molar-refractivity contribution in [1.82, 2.24) is 9.38 Å². The Kier molecular flexibility index (Phi) is 3.65. The molecular weight excluding hydrogens is 270 g/mol. The van der Waals surface area contributed by atoms with E-state index in [0.29, 0.717) is 44.1 Å². The van der Waals surface area contributed by atoms with E-state index in [1.54, 1.807) is 4.40 Å². The van der Waals surface area contributed by atoms with Gasteiger partial charge in [0.25, 0.3) is 0 Å². The molecule has 1 aliphatic heterocycles. The van der Waals surface area contributed by atoms with Gasteiger partial charge < -0.3 is 14.7 Å². The summed E-state index contributed by atoms with van der Waals surface area (Å²) >= 11 is 0. The van der Waals surface area contributed by atoms with Crippen molar-refractivity contribution in [1.29, 1.82) is 0 Å². The van der Waals surface area contributed by atoms with E-state index in [0.717, 1.165) is 11.9 Å². The molecule has 1 saturated heterocycles. The summed E-state index contributed by atoms with van der Waals surface area (Å²) in [7, 11) is 1.85. The lowest BCUT2D eigenvalue weighted by molar-refractivity contribution is -0.0573. The third kappa shape index (κ3) is 2.64. The van der Waals surface area contributed by atoms with Gasteiger partial charge in [-0.05, 0) is 12.1 Å². The van der Waals surface area contributed by atoms with Gasteiger partial charge in [0.15, 0.2) is 12.1 Å². The smallest absolute Gasteiger partial charge is 0.170 e. The first-order valence-corrected chi connectivity index (χ1v) is 7.06. The van der Waals surface area contributed by atoms with E-state index in [1.165, 1.54) is 0 Å². The lowest BCUT2D eigenvalue weighted by Crippen LogP contribution is -2.46. The molecule has 0 spiro atoms. The van der Waals surface area contributed by atoms with E-state index in [-0.39, 0.29) is 0 Å². The normalized spacial score (nSPS) is 17.8. The summed E-state index contributed by atoms with van der Waals surface area (Å²) in [6.07, 6.45) is 3.81. The van der Waals surface area contributed by atoms with Crippen LogP contribution in [0, 0.1) is 0 Å². The fourth-order valence-electron chi connectivity index (χ4n) is 2.82. The number of carbonyl (C=O) groups is 1. The zero-order valence-electron chi connectivity index (χ0n) is 12.0. The number of carbonyl (C=O) groups excluding carboxylic acids is 1. The standard InChI is InChI=1S/C15H19N3O3/c1-17(11-15(20)5-8-21-9-6-15)14-12(10-19)18-7-3-2-4-13(18)16-14/h2-4,7,10,20H,5-6,8-9,11H2,1H3. The zero-order chi connectivity index (χ0) is 14.9. The molecule has 0 amide bonds. The van der Waals surface area contributed by atoms with Gasteiger partial charge in [-0.3, -0.25) is 9.20 Å². The minimum atomic E-state index is -0.789. The Labute approximate surface area is 123 Å². The van der Waals surface area contributed by atoms with Crippen molar-refractivity contribution in [3.05, 3.63) is 30.1 Å². The minimum absolute atomic E-state index is 0.432. The van der Waals surface area contributed by atoms with Crippen molar-refractivity contribution in [3.63, 3.8) is 0 Å². The van der Waals surface area contributed by atoms with E-state index in [9.17, 15) is 9.90 Å². The number of nitrogens with zero attached hydrogens (tertiary/aromatic N) is 3. The van der Waals surface area contributed by atoms with Crippen LogP contribution in [-0.4, -0.2) is 53.2 Å². The molecule has 0 atom stereocenters. The van der Waals surface area contributed by atoms with Gasteiger partial charge in [-0.2, -0.15) is 0 Å². The number of rotatable bonds is 4. The maximum Gasteiger partial charge on any atom is 0.170 e. The number of hydrogen-bond donors (Lipinski definition) is 1. The number of aromatic nitrogens is 2. The molecule has 2 aromatic heterocycles. The Balaban J connectivity index is 1.90. The summed E-state index contributed by atoms with van der Waals surface area (Å²) in [5.74, 6) is 0.594. The highest BCUT2D eigenvalue weighted by atomic mass is 16.5. The molecule has 21 heavy (non-hydrogen) atoms. The van der Waals surface area contributed by atoms with Crippen LogP contribution < -0.4 is 4.90 Å². The van der Waals surface area contributed by atoms with Crippen LogP contribution in [-0.2, 0) is 4.74 Å². The van der Waals surface area contributed by atoms with Gasteiger partial charge in [0.05, 0.1) is 5.60 Å². The number of aliphatic hydroxyl groups is 1. The first-order chi connectivity index (χ1) is 10.1. The van der Waals surface area contributed by atoms with Gasteiger partial charge >= 0.3 is 0 Å². The monoisotopic (exact) mass is 289 g/mol. The first kappa shape index (κ1) is 14.0. The van der Waals surface area contributed by atoms with Gasteiger partial charge in [0, 0.05) is 45.8 Å². The molecule has 6 heteroatoms. The summed E-state index contributed by atoms with van der Waals surface area (Å²) in [6.45, 7) is 1.56. The van der Waals surface area contributed by atoms with E-state index < -0.39 is 5.60 Å². The molecule has 3 heterocycles. The Bertz CT molecular complexity index is 647. The number of pyridine rings is 1. The van der Waals surface area contributed by atoms with Crippen LogP contribution in [0.1, 0.15) is 23.3 Å². The van der Waals surface area contributed by atoms with Crippen molar-refractivity contribution >= 4 is 17.8 Å². The Morgan fingerprint density at radius 2 is 2.24 bits per heavy atom.